The fraction of sp³-hybridized carbons (Fsp3) is 0.154. The number of hydrogen-bond acceptors (Lipinski definition) is 4. The zero-order valence-electron chi connectivity index (χ0n) is 18.2. The van der Waals surface area contributed by atoms with Gasteiger partial charge in [0.25, 0.3) is 11.5 Å². The van der Waals surface area contributed by atoms with Gasteiger partial charge in [-0.1, -0.05) is 49.7 Å². The third-order valence-electron chi connectivity index (χ3n) is 5.58. The molecule has 0 atom stereocenters. The van der Waals surface area contributed by atoms with Crippen molar-refractivity contribution < 1.29 is 4.79 Å². The first kappa shape index (κ1) is 20.6. The highest BCUT2D eigenvalue weighted by atomic mass is 16.2. The third kappa shape index (κ3) is 4.01. The van der Waals surface area contributed by atoms with Crippen molar-refractivity contribution >= 4 is 33.4 Å². The highest BCUT2D eigenvalue weighted by molar-refractivity contribution is 6.11. The van der Waals surface area contributed by atoms with E-state index in [1.54, 1.807) is 36.4 Å². The number of para-hydroxylation sites is 1. The number of carbonyl (C=O) groups is 1. The van der Waals surface area contributed by atoms with Gasteiger partial charge in [0, 0.05) is 17.5 Å². The fourth-order valence-corrected chi connectivity index (χ4v) is 3.89. The molecule has 1 amide bonds. The van der Waals surface area contributed by atoms with E-state index in [1.807, 2.05) is 36.4 Å². The van der Waals surface area contributed by atoms with E-state index in [0.717, 1.165) is 36.1 Å². The number of carbonyl (C=O) groups excluding carboxylic acids is 1. The maximum absolute atomic E-state index is 13.3. The van der Waals surface area contributed by atoms with E-state index in [2.05, 4.69) is 27.3 Å². The molecule has 0 bridgehead atoms. The number of benzene rings is 3. The maximum Gasteiger partial charge on any atom is 0.279 e. The number of H-pyrrole nitrogens is 1. The number of nitrogens with one attached hydrogen (secondary N) is 2. The monoisotopic (exact) mass is 437 g/mol. The standard InChI is InChI=1S/C26H23N5O2/c1-2-3-13-23-28-21-15-14-17(16-22(21)29-23)27-25(32)24-19-11-7-8-12-20(19)26(33)31(30-24)18-9-5-4-6-10-18/h4-12,14-16H,2-3,13H2,1H3,(H,27,32)(H,28,29). The van der Waals surface area contributed by atoms with Gasteiger partial charge in [-0.25, -0.2) is 4.98 Å². The molecule has 0 saturated carbocycles. The molecular formula is C26H23N5O2. The quantitative estimate of drug-likeness (QED) is 0.397. The lowest BCUT2D eigenvalue weighted by Gasteiger charge is -2.11. The molecule has 0 radical (unpaired) electrons. The van der Waals surface area contributed by atoms with Gasteiger partial charge < -0.3 is 10.3 Å². The SMILES string of the molecule is CCCCc1nc2ccc(NC(=O)c3nn(-c4ccccc4)c(=O)c4ccccc34)cc2[nH]1. The third-order valence-corrected chi connectivity index (χ3v) is 5.58. The van der Waals surface area contributed by atoms with Crippen molar-refractivity contribution in [2.24, 2.45) is 0 Å². The summed E-state index contributed by atoms with van der Waals surface area (Å²) in [6, 6.07) is 21.7. The van der Waals surface area contributed by atoms with Crippen molar-refractivity contribution in [1.29, 1.82) is 0 Å². The number of hydrogen-bond donors (Lipinski definition) is 2. The minimum atomic E-state index is -0.388. The van der Waals surface area contributed by atoms with Gasteiger partial charge in [0.2, 0.25) is 0 Å². The minimum Gasteiger partial charge on any atom is -0.342 e. The van der Waals surface area contributed by atoms with E-state index in [9.17, 15) is 9.59 Å². The largest absolute Gasteiger partial charge is 0.342 e. The Labute approximate surface area is 190 Å². The van der Waals surface area contributed by atoms with Crippen molar-refractivity contribution in [3.05, 3.63) is 94.7 Å². The lowest BCUT2D eigenvalue weighted by atomic mass is 10.1. The predicted molar refractivity (Wildman–Crippen MR) is 130 cm³/mol. The minimum absolute atomic E-state index is 0.183. The topological polar surface area (TPSA) is 92.7 Å². The molecule has 7 nitrogen and oxygen atoms in total. The van der Waals surface area contributed by atoms with Crippen LogP contribution < -0.4 is 10.9 Å². The van der Waals surface area contributed by atoms with Crippen LogP contribution in [0.5, 0.6) is 0 Å². The predicted octanol–water partition coefficient (Wildman–Crippen LogP) is 4.86. The van der Waals surface area contributed by atoms with Gasteiger partial charge >= 0.3 is 0 Å². The Bertz CT molecular complexity index is 1520. The Morgan fingerprint density at radius 2 is 1.76 bits per heavy atom. The Hall–Kier alpha value is -4.26. The molecule has 5 aromatic rings. The molecule has 2 N–H and O–H groups in total. The molecule has 5 rings (SSSR count). The molecule has 0 saturated heterocycles. The second-order valence-corrected chi connectivity index (χ2v) is 7.92. The van der Waals surface area contributed by atoms with Crippen molar-refractivity contribution in [2.45, 2.75) is 26.2 Å². The van der Waals surface area contributed by atoms with Gasteiger partial charge in [-0.05, 0) is 42.8 Å². The van der Waals surface area contributed by atoms with E-state index in [4.69, 9.17) is 0 Å². The van der Waals surface area contributed by atoms with Crippen LogP contribution in [0.3, 0.4) is 0 Å². The molecule has 7 heteroatoms. The average Bonchev–Trinajstić information content (AvgIpc) is 3.26. The number of nitrogens with zero attached hydrogens (tertiary/aromatic N) is 3. The van der Waals surface area contributed by atoms with Crippen molar-refractivity contribution in [1.82, 2.24) is 19.7 Å². The molecule has 0 aliphatic rings. The van der Waals surface area contributed by atoms with Crippen molar-refractivity contribution in [3.63, 3.8) is 0 Å². The zero-order chi connectivity index (χ0) is 22.8. The van der Waals surface area contributed by atoms with Crippen LogP contribution in [-0.4, -0.2) is 25.7 Å². The molecule has 0 aliphatic heterocycles. The van der Waals surface area contributed by atoms with Gasteiger partial charge in [0.1, 0.15) is 5.82 Å². The van der Waals surface area contributed by atoms with Crippen LogP contribution in [0.4, 0.5) is 5.69 Å². The molecular weight excluding hydrogens is 414 g/mol. The van der Waals surface area contributed by atoms with Crippen LogP contribution >= 0.6 is 0 Å². The number of aromatic amines is 1. The summed E-state index contributed by atoms with van der Waals surface area (Å²) in [5.74, 6) is 0.555. The Kier molecular flexibility index (Phi) is 5.44. The van der Waals surface area contributed by atoms with Crippen LogP contribution in [0.1, 0.15) is 36.1 Å². The lowest BCUT2D eigenvalue weighted by molar-refractivity contribution is 0.102. The highest BCUT2D eigenvalue weighted by Crippen LogP contribution is 2.21. The molecule has 2 aromatic heterocycles. The molecule has 3 aromatic carbocycles. The number of aryl methyl sites for hydroxylation is 1. The zero-order valence-corrected chi connectivity index (χ0v) is 18.2. The summed E-state index contributed by atoms with van der Waals surface area (Å²) in [5, 5.41) is 8.31. The van der Waals surface area contributed by atoms with E-state index in [1.165, 1.54) is 4.68 Å². The molecule has 33 heavy (non-hydrogen) atoms. The fourth-order valence-electron chi connectivity index (χ4n) is 3.89. The van der Waals surface area contributed by atoms with Gasteiger partial charge in [0.05, 0.1) is 22.1 Å². The van der Waals surface area contributed by atoms with Crippen molar-refractivity contribution in [2.75, 3.05) is 5.32 Å². The first-order valence-corrected chi connectivity index (χ1v) is 11.0. The maximum atomic E-state index is 13.3. The van der Waals surface area contributed by atoms with Crippen LogP contribution in [-0.2, 0) is 6.42 Å². The Morgan fingerprint density at radius 3 is 2.55 bits per heavy atom. The molecule has 164 valence electrons. The van der Waals surface area contributed by atoms with Gasteiger partial charge in [-0.15, -0.1) is 0 Å². The van der Waals surface area contributed by atoms with Crippen LogP contribution in [0, 0.1) is 0 Å². The summed E-state index contributed by atoms with van der Waals surface area (Å²) in [4.78, 5) is 34.3. The molecule has 0 fully saturated rings. The number of fused-ring (bicyclic) bond motifs is 2. The molecule has 0 aliphatic carbocycles. The molecule has 0 unspecified atom stereocenters. The van der Waals surface area contributed by atoms with Gasteiger partial charge in [-0.3, -0.25) is 9.59 Å². The second-order valence-electron chi connectivity index (χ2n) is 7.92. The van der Waals surface area contributed by atoms with Crippen molar-refractivity contribution in [3.8, 4) is 5.69 Å². The number of unbranched alkanes of at least 4 members (excludes halogenated alkanes) is 1. The van der Waals surface area contributed by atoms with Crippen LogP contribution in [0.2, 0.25) is 0 Å². The number of amides is 1. The average molecular weight is 438 g/mol. The van der Waals surface area contributed by atoms with E-state index in [0.29, 0.717) is 22.1 Å². The smallest absolute Gasteiger partial charge is 0.279 e. The first-order valence-electron chi connectivity index (χ1n) is 11.0. The number of anilines is 1. The van der Waals surface area contributed by atoms with Crippen LogP contribution in [0.15, 0.2) is 77.6 Å². The van der Waals surface area contributed by atoms with E-state index in [-0.39, 0.29) is 17.2 Å². The first-order chi connectivity index (χ1) is 16.1. The summed E-state index contributed by atoms with van der Waals surface area (Å²) in [7, 11) is 0. The number of aromatic nitrogens is 4. The summed E-state index contributed by atoms with van der Waals surface area (Å²) >= 11 is 0. The summed E-state index contributed by atoms with van der Waals surface area (Å²) in [6.07, 6.45) is 3.06. The summed E-state index contributed by atoms with van der Waals surface area (Å²) in [5.41, 5.74) is 2.86. The molecule has 0 spiro atoms. The Morgan fingerprint density at radius 1 is 1.00 bits per heavy atom. The van der Waals surface area contributed by atoms with Crippen LogP contribution in [0.25, 0.3) is 27.5 Å². The summed E-state index contributed by atoms with van der Waals surface area (Å²) < 4.78 is 1.27. The van der Waals surface area contributed by atoms with E-state index >= 15 is 0 Å². The number of imidazole rings is 1. The highest BCUT2D eigenvalue weighted by Gasteiger charge is 2.18. The van der Waals surface area contributed by atoms with Gasteiger partial charge in [0.15, 0.2) is 5.69 Å². The number of rotatable bonds is 6. The summed E-state index contributed by atoms with van der Waals surface area (Å²) in [6.45, 7) is 2.15. The lowest BCUT2D eigenvalue weighted by Crippen LogP contribution is -2.26. The van der Waals surface area contributed by atoms with E-state index < -0.39 is 0 Å². The van der Waals surface area contributed by atoms with Gasteiger partial charge in [-0.2, -0.15) is 9.78 Å². The molecule has 2 heterocycles. The Balaban J connectivity index is 1.53. The normalized spacial score (nSPS) is 11.2. The second kappa shape index (κ2) is 8.70.